The lowest BCUT2D eigenvalue weighted by Crippen LogP contribution is -2.17. The number of hydrogen-bond donors (Lipinski definition) is 1. The summed E-state index contributed by atoms with van der Waals surface area (Å²) in [5, 5.41) is 3.07. The number of rotatable bonds is 5. The Balaban J connectivity index is 2.32. The maximum Gasteiger partial charge on any atom is 0.376 e. The summed E-state index contributed by atoms with van der Waals surface area (Å²) in [6.07, 6.45) is 0. The number of ether oxygens (including phenoxy) is 1. The highest BCUT2D eigenvalue weighted by Gasteiger charge is 2.23. The number of furan rings is 1. The molecule has 0 spiro atoms. The average molecular weight is 321 g/mol. The molecule has 1 heterocycles. The predicted molar refractivity (Wildman–Crippen MR) is 83.9 cm³/mol. The number of esters is 1. The van der Waals surface area contributed by atoms with Crippen LogP contribution in [0.1, 0.15) is 24.4 Å². The Labute approximate surface area is 131 Å². The normalized spacial score (nSPS) is 10.5. The van der Waals surface area contributed by atoms with Crippen LogP contribution in [0.25, 0.3) is 11.0 Å². The lowest BCUT2D eigenvalue weighted by Gasteiger charge is -2.05. The van der Waals surface area contributed by atoms with Gasteiger partial charge in [-0.2, -0.15) is 0 Å². The zero-order chi connectivity index (χ0) is 16.1. The molecule has 7 heteroatoms. The molecule has 116 valence electrons. The summed E-state index contributed by atoms with van der Waals surface area (Å²) in [6.45, 7) is 3.26. The van der Waals surface area contributed by atoms with Gasteiger partial charge in [0.1, 0.15) is 11.3 Å². The van der Waals surface area contributed by atoms with E-state index in [1.807, 2.05) is 0 Å². The smallest absolute Gasteiger partial charge is 0.376 e. The van der Waals surface area contributed by atoms with Crippen LogP contribution in [0.5, 0.6) is 0 Å². The largest absolute Gasteiger partial charge is 0.460 e. The second kappa shape index (κ2) is 7.13. The van der Waals surface area contributed by atoms with E-state index in [-0.39, 0.29) is 28.9 Å². The van der Waals surface area contributed by atoms with Gasteiger partial charge in [0.2, 0.25) is 11.7 Å². The molecule has 0 saturated carbocycles. The van der Waals surface area contributed by atoms with Crippen LogP contribution >= 0.6 is 11.8 Å². The SMILES string of the molecule is CCOC(=O)c1oc2ccccc2c1NC(=O)CSC(C)=O. The van der Waals surface area contributed by atoms with E-state index in [0.717, 1.165) is 11.8 Å². The van der Waals surface area contributed by atoms with Crippen molar-refractivity contribution in [3.05, 3.63) is 30.0 Å². The Bertz CT molecular complexity index is 722. The third-order valence-corrected chi connectivity index (χ3v) is 3.54. The minimum atomic E-state index is -0.645. The molecule has 0 aliphatic heterocycles. The van der Waals surface area contributed by atoms with Crippen molar-refractivity contribution in [1.82, 2.24) is 0 Å². The molecule has 0 unspecified atom stereocenters. The van der Waals surface area contributed by atoms with Gasteiger partial charge >= 0.3 is 5.97 Å². The Morgan fingerprint density at radius 1 is 1.27 bits per heavy atom. The number of amides is 1. The number of fused-ring (bicyclic) bond motifs is 1. The number of para-hydroxylation sites is 1. The lowest BCUT2D eigenvalue weighted by atomic mass is 10.2. The number of carbonyl (C=O) groups is 3. The molecule has 0 fully saturated rings. The summed E-state index contributed by atoms with van der Waals surface area (Å²) in [7, 11) is 0. The molecule has 6 nitrogen and oxygen atoms in total. The predicted octanol–water partition coefficient (Wildman–Crippen LogP) is 2.83. The van der Waals surface area contributed by atoms with Crippen LogP contribution in [0.3, 0.4) is 0 Å². The molecular formula is C15H15NO5S. The summed E-state index contributed by atoms with van der Waals surface area (Å²) >= 11 is 0.893. The van der Waals surface area contributed by atoms with E-state index in [4.69, 9.17) is 9.15 Å². The van der Waals surface area contributed by atoms with E-state index >= 15 is 0 Å². The van der Waals surface area contributed by atoms with Gasteiger partial charge in [-0.3, -0.25) is 9.59 Å². The van der Waals surface area contributed by atoms with Gasteiger partial charge < -0.3 is 14.5 Å². The summed E-state index contributed by atoms with van der Waals surface area (Å²) in [6, 6.07) is 6.96. The van der Waals surface area contributed by atoms with Crippen LogP contribution < -0.4 is 5.32 Å². The number of nitrogens with one attached hydrogen (secondary N) is 1. The van der Waals surface area contributed by atoms with Crippen molar-refractivity contribution in [2.24, 2.45) is 0 Å². The number of benzene rings is 1. The van der Waals surface area contributed by atoms with E-state index in [2.05, 4.69) is 5.32 Å². The Morgan fingerprint density at radius 3 is 2.68 bits per heavy atom. The van der Waals surface area contributed by atoms with Crippen molar-refractivity contribution in [2.75, 3.05) is 17.7 Å². The van der Waals surface area contributed by atoms with Crippen molar-refractivity contribution in [1.29, 1.82) is 0 Å². The molecule has 1 amide bonds. The fourth-order valence-corrected chi connectivity index (χ4v) is 2.26. The minimum absolute atomic E-state index is 0.0306. The first kappa shape index (κ1) is 16.1. The van der Waals surface area contributed by atoms with Gasteiger partial charge in [-0.25, -0.2) is 4.79 Å². The van der Waals surface area contributed by atoms with E-state index < -0.39 is 11.9 Å². The Morgan fingerprint density at radius 2 is 2.00 bits per heavy atom. The third kappa shape index (κ3) is 3.67. The lowest BCUT2D eigenvalue weighted by molar-refractivity contribution is -0.114. The van der Waals surface area contributed by atoms with Crippen molar-refractivity contribution in [3.8, 4) is 0 Å². The molecular weight excluding hydrogens is 306 g/mol. The summed E-state index contributed by atoms with van der Waals surface area (Å²) in [5.41, 5.74) is 0.739. The maximum atomic E-state index is 12.0. The quantitative estimate of drug-likeness (QED) is 0.852. The second-order valence-electron chi connectivity index (χ2n) is 4.35. The van der Waals surface area contributed by atoms with Crippen molar-refractivity contribution in [3.63, 3.8) is 0 Å². The van der Waals surface area contributed by atoms with E-state index in [1.165, 1.54) is 6.92 Å². The minimum Gasteiger partial charge on any atom is -0.460 e. The van der Waals surface area contributed by atoms with Crippen molar-refractivity contribution >= 4 is 45.4 Å². The number of carbonyl (C=O) groups excluding carboxylic acids is 3. The van der Waals surface area contributed by atoms with E-state index in [1.54, 1.807) is 31.2 Å². The van der Waals surface area contributed by atoms with Gasteiger partial charge in [-0.1, -0.05) is 23.9 Å². The first-order valence-electron chi connectivity index (χ1n) is 6.64. The van der Waals surface area contributed by atoms with Crippen LogP contribution in [0.4, 0.5) is 5.69 Å². The summed E-state index contributed by atoms with van der Waals surface area (Å²) < 4.78 is 10.4. The van der Waals surface area contributed by atoms with Crippen LogP contribution in [-0.4, -0.2) is 29.4 Å². The highest BCUT2D eigenvalue weighted by atomic mass is 32.2. The Kier molecular flexibility index (Phi) is 5.21. The monoisotopic (exact) mass is 321 g/mol. The van der Waals surface area contributed by atoms with E-state index in [9.17, 15) is 14.4 Å². The van der Waals surface area contributed by atoms with Crippen LogP contribution in [-0.2, 0) is 14.3 Å². The molecule has 0 bridgehead atoms. The maximum absolute atomic E-state index is 12.0. The highest BCUT2D eigenvalue weighted by molar-refractivity contribution is 8.14. The molecule has 0 aliphatic carbocycles. The van der Waals surface area contributed by atoms with Gasteiger partial charge in [0, 0.05) is 12.3 Å². The molecule has 0 atom stereocenters. The summed E-state index contributed by atoms with van der Waals surface area (Å²) in [5.74, 6) is -1.12. The van der Waals surface area contributed by atoms with Gasteiger partial charge in [-0.05, 0) is 19.1 Å². The molecule has 0 radical (unpaired) electrons. The van der Waals surface area contributed by atoms with Crippen LogP contribution in [0, 0.1) is 0 Å². The molecule has 1 aromatic heterocycles. The number of anilines is 1. The zero-order valence-electron chi connectivity index (χ0n) is 12.2. The van der Waals surface area contributed by atoms with E-state index in [0.29, 0.717) is 11.0 Å². The number of thioether (sulfide) groups is 1. The molecule has 1 aromatic carbocycles. The first-order valence-corrected chi connectivity index (χ1v) is 7.63. The van der Waals surface area contributed by atoms with Crippen LogP contribution in [0.2, 0.25) is 0 Å². The number of hydrogen-bond acceptors (Lipinski definition) is 6. The molecule has 0 aliphatic rings. The molecule has 1 N–H and O–H groups in total. The van der Waals surface area contributed by atoms with Crippen molar-refractivity contribution < 1.29 is 23.5 Å². The zero-order valence-corrected chi connectivity index (χ0v) is 13.0. The fraction of sp³-hybridized carbons (Fsp3) is 0.267. The van der Waals surface area contributed by atoms with Gasteiger partial charge in [0.05, 0.1) is 12.4 Å². The Hall–Kier alpha value is -2.28. The summed E-state index contributed by atoms with van der Waals surface area (Å²) in [4.78, 5) is 34.8. The molecule has 2 aromatic rings. The first-order chi connectivity index (χ1) is 10.5. The van der Waals surface area contributed by atoms with Gasteiger partial charge in [0.15, 0.2) is 5.12 Å². The average Bonchev–Trinajstić information content (AvgIpc) is 2.84. The molecule has 0 saturated heterocycles. The van der Waals surface area contributed by atoms with Gasteiger partial charge in [-0.15, -0.1) is 0 Å². The highest BCUT2D eigenvalue weighted by Crippen LogP contribution is 2.31. The standard InChI is InChI=1S/C15H15NO5S/c1-3-20-15(19)14-13(16-12(18)8-22-9(2)17)10-6-4-5-7-11(10)21-14/h4-7H,3,8H2,1-2H3,(H,16,18). The topological polar surface area (TPSA) is 85.6 Å². The van der Waals surface area contributed by atoms with Crippen molar-refractivity contribution in [2.45, 2.75) is 13.8 Å². The van der Waals surface area contributed by atoms with Gasteiger partial charge in [0.25, 0.3) is 0 Å². The molecule has 2 rings (SSSR count). The van der Waals surface area contributed by atoms with Crippen LogP contribution in [0.15, 0.2) is 28.7 Å². The molecule has 22 heavy (non-hydrogen) atoms. The fourth-order valence-electron chi connectivity index (χ4n) is 1.85. The third-order valence-electron chi connectivity index (χ3n) is 2.73. The second-order valence-corrected chi connectivity index (χ2v) is 5.50.